The molecule has 0 aliphatic carbocycles. The first kappa shape index (κ1) is 37.8. The highest BCUT2D eigenvalue weighted by Crippen LogP contribution is 2.22. The Kier molecular flexibility index (Phi) is 15.2. The number of nitrogens with two attached hydrogens (primary N) is 2. The maximum atomic E-state index is 13.3. The molecule has 250 valence electrons. The minimum absolute atomic E-state index is 0.0102. The van der Waals surface area contributed by atoms with Crippen LogP contribution in [-0.2, 0) is 41.1 Å². The summed E-state index contributed by atoms with van der Waals surface area (Å²) < 4.78 is 0. The maximum absolute atomic E-state index is 13.3. The van der Waals surface area contributed by atoms with E-state index < -0.39 is 66.1 Å². The topological polar surface area (TPSA) is 223 Å². The number of thioether (sulfide) groups is 1. The van der Waals surface area contributed by atoms with Crippen LogP contribution in [-0.4, -0.2) is 70.5 Å². The van der Waals surface area contributed by atoms with Crippen LogP contribution in [0.2, 0.25) is 0 Å². The first-order chi connectivity index (χ1) is 21.7. The lowest BCUT2D eigenvalue weighted by Gasteiger charge is -2.25. The molecule has 0 aliphatic heterocycles. The number of rotatable bonds is 19. The van der Waals surface area contributed by atoms with E-state index >= 15 is 0 Å². The fourth-order valence-corrected chi connectivity index (χ4v) is 5.90. The van der Waals surface area contributed by atoms with Crippen LogP contribution in [0.1, 0.15) is 54.0 Å². The number of carboxylic acid groups (broad SMARTS) is 1. The van der Waals surface area contributed by atoms with Gasteiger partial charge in [0.1, 0.15) is 18.1 Å². The van der Waals surface area contributed by atoms with Crippen LogP contribution in [0, 0.1) is 20.8 Å². The molecule has 0 saturated carbocycles. The van der Waals surface area contributed by atoms with Crippen molar-refractivity contribution < 1.29 is 33.9 Å². The van der Waals surface area contributed by atoms with Crippen LogP contribution in [0.25, 0.3) is 0 Å². The van der Waals surface area contributed by atoms with Gasteiger partial charge < -0.3 is 37.8 Å². The van der Waals surface area contributed by atoms with Crippen molar-refractivity contribution >= 4 is 47.3 Å². The molecule has 0 aromatic heterocycles. The quantitative estimate of drug-likeness (QED) is 0.113. The van der Waals surface area contributed by atoms with Gasteiger partial charge in [-0.1, -0.05) is 48.0 Å². The number of nitrogens with one attached hydrogen (secondary N) is 4. The molecule has 0 saturated heterocycles. The van der Waals surface area contributed by atoms with E-state index in [4.69, 9.17) is 11.5 Å². The highest BCUT2D eigenvalue weighted by Gasteiger charge is 2.31. The number of amides is 5. The van der Waals surface area contributed by atoms with Gasteiger partial charge in [-0.2, -0.15) is 11.8 Å². The van der Waals surface area contributed by atoms with Crippen LogP contribution < -0.4 is 32.7 Å². The second-order valence-electron chi connectivity index (χ2n) is 11.2. The summed E-state index contributed by atoms with van der Waals surface area (Å²) in [6, 6.07) is 8.50. The van der Waals surface area contributed by atoms with Gasteiger partial charge in [0.15, 0.2) is 0 Å². The van der Waals surface area contributed by atoms with Gasteiger partial charge in [0.25, 0.3) is 0 Å². The van der Waals surface area contributed by atoms with E-state index in [2.05, 4.69) is 21.3 Å². The third kappa shape index (κ3) is 12.9. The molecule has 2 aromatic carbocycles. The molecule has 4 atom stereocenters. The zero-order chi connectivity index (χ0) is 34.4. The first-order valence-corrected chi connectivity index (χ1v) is 16.0. The lowest BCUT2D eigenvalue weighted by Crippen LogP contribution is -2.58. The normalized spacial score (nSPS) is 13.5. The number of primary amides is 2. The summed E-state index contributed by atoms with van der Waals surface area (Å²) >= 11 is 1.31. The largest absolute Gasteiger partial charge is 0.480 e. The summed E-state index contributed by atoms with van der Waals surface area (Å²) in [6.45, 7) is 7.92. The lowest BCUT2D eigenvalue weighted by molar-refractivity contribution is -0.141. The van der Waals surface area contributed by atoms with Crippen LogP contribution in [0.15, 0.2) is 42.5 Å². The minimum atomic E-state index is -1.54. The first-order valence-electron chi connectivity index (χ1n) is 14.8. The van der Waals surface area contributed by atoms with Gasteiger partial charge in [-0.3, -0.25) is 24.0 Å². The summed E-state index contributed by atoms with van der Waals surface area (Å²) in [5, 5.41) is 20.1. The molecule has 0 fully saturated rings. The number of hydrogen-bond donors (Lipinski definition) is 7. The average molecular weight is 657 g/mol. The van der Waals surface area contributed by atoms with Gasteiger partial charge in [0.05, 0.1) is 12.5 Å². The Hall–Kier alpha value is -4.43. The van der Waals surface area contributed by atoms with Gasteiger partial charge in [-0.25, -0.2) is 4.79 Å². The number of carbonyl (C=O) groups is 6. The van der Waals surface area contributed by atoms with Crippen molar-refractivity contribution in [1.82, 2.24) is 21.3 Å². The summed E-state index contributed by atoms with van der Waals surface area (Å²) in [5.74, 6) is -4.80. The van der Waals surface area contributed by atoms with Gasteiger partial charge in [-0.05, 0) is 56.4 Å². The Morgan fingerprint density at radius 3 is 1.93 bits per heavy atom. The zero-order valence-electron chi connectivity index (χ0n) is 26.6. The van der Waals surface area contributed by atoms with Crippen molar-refractivity contribution in [3.63, 3.8) is 0 Å². The molecule has 2 rings (SSSR count). The molecule has 0 bridgehead atoms. The van der Waals surface area contributed by atoms with Gasteiger partial charge in [0, 0.05) is 24.5 Å². The van der Waals surface area contributed by atoms with E-state index in [1.165, 1.54) is 11.8 Å². The third-order valence-electron chi connectivity index (χ3n) is 7.19. The average Bonchev–Trinajstić information content (AvgIpc) is 2.98. The second kappa shape index (κ2) is 18.5. The number of aryl methyl sites for hydroxylation is 3. The van der Waals surface area contributed by atoms with Crippen molar-refractivity contribution in [2.75, 3.05) is 5.75 Å². The van der Waals surface area contributed by atoms with E-state index in [0.29, 0.717) is 12.3 Å². The van der Waals surface area contributed by atoms with E-state index in [1.54, 1.807) is 6.92 Å². The van der Waals surface area contributed by atoms with Gasteiger partial charge >= 0.3 is 5.97 Å². The maximum Gasteiger partial charge on any atom is 0.327 e. The summed E-state index contributed by atoms with van der Waals surface area (Å²) in [6.07, 6.45) is -1.07. The Bertz CT molecular complexity index is 1380. The van der Waals surface area contributed by atoms with Crippen LogP contribution in [0.3, 0.4) is 0 Å². The SMILES string of the molecule is Cc1cc(C)c(CSCC(NC(=O)C(CC(N)=O)NC(=O)C(CCC(N)=O)NC(=O)C(C)NCc2ccccc2)C(=O)O)c(C)c1. The number of hydrogen-bond acceptors (Lipinski definition) is 8. The molecule has 46 heavy (non-hydrogen) atoms. The molecule has 0 aliphatic rings. The van der Waals surface area contributed by atoms with Gasteiger partial charge in [0.2, 0.25) is 29.5 Å². The fraction of sp³-hybridized carbons (Fsp3) is 0.438. The van der Waals surface area contributed by atoms with Crippen LogP contribution in [0.5, 0.6) is 0 Å². The van der Waals surface area contributed by atoms with Crippen molar-refractivity contribution in [3.05, 3.63) is 70.3 Å². The summed E-state index contributed by atoms with van der Waals surface area (Å²) in [4.78, 5) is 74.6. The summed E-state index contributed by atoms with van der Waals surface area (Å²) in [7, 11) is 0. The molecular formula is C32H44N6O7S. The van der Waals surface area contributed by atoms with Crippen molar-refractivity contribution in [1.29, 1.82) is 0 Å². The molecule has 0 radical (unpaired) electrons. The highest BCUT2D eigenvalue weighted by atomic mass is 32.2. The van der Waals surface area contributed by atoms with E-state index in [0.717, 1.165) is 27.8 Å². The van der Waals surface area contributed by atoms with E-state index in [1.807, 2.05) is 63.2 Å². The number of benzene rings is 2. The fourth-order valence-electron chi connectivity index (χ4n) is 4.66. The second-order valence-corrected chi connectivity index (χ2v) is 12.2. The summed E-state index contributed by atoms with van der Waals surface area (Å²) in [5.41, 5.74) is 15.9. The molecule has 5 amide bonds. The molecule has 13 nitrogen and oxygen atoms in total. The standard InChI is InChI=1S/C32H44N6O7S/c1-18-12-19(2)23(20(3)13-18)16-46-17-26(32(44)45)38-31(43)25(14-28(34)40)37-30(42)24(10-11-27(33)39)36-29(41)21(4)35-15-22-8-6-5-7-9-22/h5-9,12-13,21,24-26,35H,10-11,14-17H2,1-4H3,(H2,33,39)(H2,34,40)(H,36,41)(H,37,42)(H,38,43)(H,44,45). The number of carbonyl (C=O) groups excluding carboxylic acids is 5. The third-order valence-corrected chi connectivity index (χ3v) is 8.25. The molecule has 0 heterocycles. The van der Waals surface area contributed by atoms with E-state index in [-0.39, 0.29) is 18.6 Å². The smallest absolute Gasteiger partial charge is 0.327 e. The Labute approximate surface area is 273 Å². The Morgan fingerprint density at radius 1 is 0.804 bits per heavy atom. The molecular weight excluding hydrogens is 612 g/mol. The monoisotopic (exact) mass is 656 g/mol. The predicted molar refractivity (Wildman–Crippen MR) is 175 cm³/mol. The predicted octanol–water partition coefficient (Wildman–Crippen LogP) is 0.703. The Morgan fingerprint density at radius 2 is 1.37 bits per heavy atom. The number of carboxylic acids is 1. The number of aliphatic carboxylic acids is 1. The van der Waals surface area contributed by atoms with Gasteiger partial charge in [-0.15, -0.1) is 0 Å². The van der Waals surface area contributed by atoms with Crippen molar-refractivity contribution in [2.24, 2.45) is 11.5 Å². The Balaban J connectivity index is 2.09. The van der Waals surface area contributed by atoms with Crippen LogP contribution >= 0.6 is 11.8 Å². The van der Waals surface area contributed by atoms with Crippen molar-refractivity contribution in [3.8, 4) is 0 Å². The highest BCUT2D eigenvalue weighted by molar-refractivity contribution is 7.98. The lowest BCUT2D eigenvalue weighted by atomic mass is 10.0. The van der Waals surface area contributed by atoms with Crippen LogP contribution in [0.4, 0.5) is 0 Å². The molecule has 14 heteroatoms. The van der Waals surface area contributed by atoms with E-state index in [9.17, 15) is 33.9 Å². The van der Waals surface area contributed by atoms with Crippen molar-refractivity contribution in [2.45, 2.75) is 83.4 Å². The molecule has 9 N–H and O–H groups in total. The minimum Gasteiger partial charge on any atom is -0.480 e. The molecule has 0 spiro atoms. The zero-order valence-corrected chi connectivity index (χ0v) is 27.4. The molecule has 2 aromatic rings. The molecule has 4 unspecified atom stereocenters.